The number of nitrogens with two attached hydrogens (primary N) is 1. The standard InChI is InChI=1S/C24H18F5N5O2/c25-16-3-13(24(27,28)29)2-1-12(16)9-34(23-6-14(7-23)36-10-23)22(35)15-4-19-18(5-17(15)26)32-21(30)20-8-31-11-33(19)20/h1-5,8,11,14H,6-7,9-10H2,(H2,30,32). The van der Waals surface area contributed by atoms with Gasteiger partial charge in [-0.3, -0.25) is 9.20 Å². The van der Waals surface area contributed by atoms with Gasteiger partial charge in [-0.05, 0) is 31.0 Å². The maximum atomic E-state index is 15.2. The Hall–Kier alpha value is -3.80. The molecule has 7 nitrogen and oxygen atoms in total. The van der Waals surface area contributed by atoms with Crippen molar-refractivity contribution in [3.8, 4) is 0 Å². The van der Waals surface area contributed by atoms with Crippen LogP contribution in [0.2, 0.25) is 0 Å². The molecule has 2 bridgehead atoms. The minimum atomic E-state index is -4.71. The number of fused-ring (bicyclic) bond motifs is 4. The van der Waals surface area contributed by atoms with Crippen molar-refractivity contribution in [2.24, 2.45) is 0 Å². The summed E-state index contributed by atoms with van der Waals surface area (Å²) in [7, 11) is 0. The van der Waals surface area contributed by atoms with Crippen molar-refractivity contribution in [1.29, 1.82) is 0 Å². The Morgan fingerprint density at radius 3 is 2.61 bits per heavy atom. The number of benzene rings is 2. The van der Waals surface area contributed by atoms with Crippen LogP contribution >= 0.6 is 0 Å². The molecule has 0 spiro atoms. The molecule has 1 amide bonds. The van der Waals surface area contributed by atoms with Crippen LogP contribution in [0.3, 0.4) is 0 Å². The molecular weight excluding hydrogens is 485 g/mol. The fourth-order valence-corrected chi connectivity index (χ4v) is 5.08. The first kappa shape index (κ1) is 22.7. The molecule has 7 rings (SSSR count). The van der Waals surface area contributed by atoms with Crippen molar-refractivity contribution in [3.05, 3.63) is 71.2 Å². The van der Waals surface area contributed by atoms with Gasteiger partial charge in [-0.15, -0.1) is 0 Å². The smallest absolute Gasteiger partial charge is 0.382 e. The maximum Gasteiger partial charge on any atom is 0.416 e. The van der Waals surface area contributed by atoms with Gasteiger partial charge in [-0.25, -0.2) is 18.7 Å². The first-order chi connectivity index (χ1) is 17.1. The number of ether oxygens (including phenoxy) is 1. The minimum Gasteiger partial charge on any atom is -0.382 e. The Morgan fingerprint density at radius 2 is 1.94 bits per heavy atom. The van der Waals surface area contributed by atoms with E-state index in [9.17, 15) is 22.4 Å². The number of alkyl halides is 3. The van der Waals surface area contributed by atoms with Crippen molar-refractivity contribution < 1.29 is 31.5 Å². The number of carbonyl (C=O) groups excluding carboxylic acids is 1. The highest BCUT2D eigenvalue weighted by Crippen LogP contribution is 2.48. The summed E-state index contributed by atoms with van der Waals surface area (Å²) < 4.78 is 76.2. The zero-order valence-corrected chi connectivity index (χ0v) is 18.5. The third kappa shape index (κ3) is 3.39. The highest BCUT2D eigenvalue weighted by molar-refractivity contribution is 5.99. The van der Waals surface area contributed by atoms with Crippen molar-refractivity contribution in [2.75, 3.05) is 12.3 Å². The molecule has 2 aliphatic heterocycles. The number of halogens is 5. The molecule has 36 heavy (non-hydrogen) atoms. The van der Waals surface area contributed by atoms with Crippen LogP contribution in [0.15, 0.2) is 42.9 Å². The number of nitrogen functional groups attached to an aromatic ring is 1. The number of hydrogen-bond acceptors (Lipinski definition) is 5. The van der Waals surface area contributed by atoms with Crippen LogP contribution in [0.5, 0.6) is 0 Å². The quantitative estimate of drug-likeness (QED) is 0.419. The van der Waals surface area contributed by atoms with Crippen molar-refractivity contribution in [2.45, 2.75) is 37.2 Å². The highest BCUT2D eigenvalue weighted by Gasteiger charge is 2.57. The fourth-order valence-electron chi connectivity index (χ4n) is 5.08. The maximum absolute atomic E-state index is 15.2. The molecule has 3 aliphatic rings. The molecule has 12 heteroatoms. The molecule has 1 saturated carbocycles. The van der Waals surface area contributed by atoms with E-state index in [1.165, 1.54) is 23.5 Å². The molecule has 4 aromatic rings. The number of aromatic nitrogens is 3. The third-order valence-corrected chi connectivity index (χ3v) is 7.03. The van der Waals surface area contributed by atoms with Crippen LogP contribution in [-0.2, 0) is 17.5 Å². The second-order valence-corrected chi connectivity index (χ2v) is 9.23. The summed E-state index contributed by atoms with van der Waals surface area (Å²) in [5.41, 5.74) is 4.63. The largest absolute Gasteiger partial charge is 0.416 e. The molecule has 2 aromatic heterocycles. The van der Waals surface area contributed by atoms with E-state index in [2.05, 4.69) is 9.97 Å². The highest BCUT2D eigenvalue weighted by atomic mass is 19.4. The first-order valence-corrected chi connectivity index (χ1v) is 11.1. The van der Waals surface area contributed by atoms with Crippen LogP contribution in [0.4, 0.5) is 27.8 Å². The fraction of sp³-hybridized carbons (Fsp3) is 0.292. The summed E-state index contributed by atoms with van der Waals surface area (Å²) in [4.78, 5) is 23.3. The summed E-state index contributed by atoms with van der Waals surface area (Å²) in [6.07, 6.45) is -0.900. The number of anilines is 1. The summed E-state index contributed by atoms with van der Waals surface area (Å²) in [6.45, 7) is -0.179. The number of nitrogens with zero attached hydrogens (tertiary/aromatic N) is 4. The van der Waals surface area contributed by atoms with Gasteiger partial charge < -0.3 is 15.4 Å². The summed E-state index contributed by atoms with van der Waals surface area (Å²) >= 11 is 0. The van der Waals surface area contributed by atoms with Crippen LogP contribution in [0.1, 0.15) is 34.3 Å². The number of rotatable bonds is 4. The predicted octanol–water partition coefficient (Wildman–Crippen LogP) is 4.34. The number of imidazole rings is 1. The average Bonchev–Trinajstić information content (AvgIpc) is 3.53. The van der Waals surface area contributed by atoms with Gasteiger partial charge in [0.05, 0.1) is 52.9 Å². The van der Waals surface area contributed by atoms with E-state index < -0.39 is 34.8 Å². The average molecular weight is 503 g/mol. The molecule has 2 N–H and O–H groups in total. The zero-order valence-electron chi connectivity index (χ0n) is 18.5. The molecule has 2 aromatic carbocycles. The van der Waals surface area contributed by atoms with E-state index >= 15 is 4.39 Å². The molecule has 2 saturated heterocycles. The number of carbonyl (C=O) groups is 1. The van der Waals surface area contributed by atoms with Crippen LogP contribution in [0.25, 0.3) is 16.6 Å². The minimum absolute atomic E-state index is 0.0723. The van der Waals surface area contributed by atoms with Gasteiger partial charge in [0, 0.05) is 18.2 Å². The van der Waals surface area contributed by atoms with E-state index in [4.69, 9.17) is 10.5 Å². The summed E-state index contributed by atoms with van der Waals surface area (Å²) in [6, 6.07) is 4.57. The lowest BCUT2D eigenvalue weighted by Crippen LogP contribution is -2.57. The van der Waals surface area contributed by atoms with Gasteiger partial charge in [-0.1, -0.05) is 6.07 Å². The van der Waals surface area contributed by atoms with Gasteiger partial charge in [0.2, 0.25) is 0 Å². The van der Waals surface area contributed by atoms with Gasteiger partial charge in [0.15, 0.2) is 0 Å². The molecular formula is C24H18F5N5O2. The molecule has 1 aliphatic carbocycles. The van der Waals surface area contributed by atoms with Crippen molar-refractivity contribution in [3.63, 3.8) is 0 Å². The van der Waals surface area contributed by atoms with E-state index in [1.54, 1.807) is 4.40 Å². The van der Waals surface area contributed by atoms with E-state index in [1.807, 2.05) is 0 Å². The van der Waals surface area contributed by atoms with Crippen LogP contribution in [0, 0.1) is 11.6 Å². The lowest BCUT2D eigenvalue weighted by Gasteiger charge is -2.45. The van der Waals surface area contributed by atoms with Gasteiger partial charge in [-0.2, -0.15) is 13.2 Å². The monoisotopic (exact) mass is 503 g/mol. The predicted molar refractivity (Wildman–Crippen MR) is 118 cm³/mol. The van der Waals surface area contributed by atoms with Gasteiger partial charge >= 0.3 is 6.18 Å². The number of hydrogen-bond donors (Lipinski definition) is 1. The molecule has 186 valence electrons. The Balaban J connectivity index is 1.43. The lowest BCUT2D eigenvalue weighted by molar-refractivity contribution is -0.137. The molecule has 0 atom stereocenters. The van der Waals surface area contributed by atoms with Gasteiger partial charge in [0.1, 0.15) is 23.0 Å². The Morgan fingerprint density at radius 1 is 1.17 bits per heavy atom. The molecule has 3 fully saturated rings. The van der Waals surface area contributed by atoms with E-state index in [-0.39, 0.29) is 41.7 Å². The Bertz CT molecular complexity index is 1540. The van der Waals surface area contributed by atoms with Gasteiger partial charge in [0.25, 0.3) is 5.91 Å². The molecule has 0 radical (unpaired) electrons. The van der Waals surface area contributed by atoms with Crippen LogP contribution < -0.4 is 5.73 Å². The Labute approximate surface area is 200 Å². The molecule has 0 unspecified atom stereocenters. The zero-order chi connectivity index (χ0) is 25.4. The molecule has 4 heterocycles. The Kier molecular flexibility index (Phi) is 4.78. The van der Waals surface area contributed by atoms with E-state index in [0.29, 0.717) is 29.9 Å². The number of amides is 1. The van der Waals surface area contributed by atoms with Crippen LogP contribution in [-0.4, -0.2) is 43.4 Å². The van der Waals surface area contributed by atoms with Crippen molar-refractivity contribution in [1.82, 2.24) is 19.3 Å². The second kappa shape index (κ2) is 7.60. The summed E-state index contributed by atoms with van der Waals surface area (Å²) in [5.74, 6) is -2.56. The normalized spacial score (nSPS) is 21.2. The third-order valence-electron chi connectivity index (χ3n) is 7.03. The summed E-state index contributed by atoms with van der Waals surface area (Å²) in [5, 5.41) is 0. The first-order valence-electron chi connectivity index (χ1n) is 11.1. The lowest BCUT2D eigenvalue weighted by atomic mass is 9.76. The second-order valence-electron chi connectivity index (χ2n) is 9.23. The SMILES string of the molecule is Nc1nc2cc(F)c(C(=O)N(Cc3ccc(C(F)(F)F)cc3F)C34COC(C3)C4)cc2n2cncc12. The topological polar surface area (TPSA) is 85.8 Å². The van der Waals surface area contributed by atoms with Crippen molar-refractivity contribution >= 4 is 28.3 Å². The van der Waals surface area contributed by atoms with E-state index in [0.717, 1.165) is 18.2 Å².